The molecule has 1 aliphatic carbocycles. The molecule has 5 N–H and O–H groups in total. The average Bonchev–Trinajstić information content (AvgIpc) is 2.49. The van der Waals surface area contributed by atoms with E-state index in [4.69, 9.17) is 48.2 Å². The Bertz CT molecular complexity index is 757. The number of rotatable bonds is 1. The van der Waals surface area contributed by atoms with E-state index in [-0.39, 0.29) is 6.04 Å². The lowest BCUT2D eigenvalue weighted by atomic mass is 9.77. The lowest BCUT2D eigenvalue weighted by Gasteiger charge is -2.30. The van der Waals surface area contributed by atoms with Crippen molar-refractivity contribution in [2.24, 2.45) is 5.73 Å². The van der Waals surface area contributed by atoms with Crippen molar-refractivity contribution in [3.63, 3.8) is 0 Å². The average molecular weight is 390 g/mol. The van der Waals surface area contributed by atoms with Gasteiger partial charge in [-0.15, -0.1) is 0 Å². The maximum absolute atomic E-state index is 8.88. The van der Waals surface area contributed by atoms with Crippen LogP contribution in [0.1, 0.15) is 41.5 Å². The molecule has 3 rings (SSSR count). The van der Waals surface area contributed by atoms with Crippen LogP contribution in [0.5, 0.6) is 0 Å². The second-order valence-corrected chi connectivity index (χ2v) is 7.39. The van der Waals surface area contributed by atoms with Crippen molar-refractivity contribution >= 4 is 31.0 Å². The Kier molecular flexibility index (Phi) is 6.46. The maximum Gasteiger partial charge on any atom is 0.466 e. The summed E-state index contributed by atoms with van der Waals surface area (Å²) in [4.78, 5) is 21.6. The number of phosphoric acid groups is 1. The van der Waals surface area contributed by atoms with Gasteiger partial charge in [0.15, 0.2) is 0 Å². The molecule has 5 nitrogen and oxygen atoms in total. The number of hydrogen-bond donors (Lipinski definition) is 4. The normalized spacial score (nSPS) is 19.9. The van der Waals surface area contributed by atoms with Gasteiger partial charge in [-0.1, -0.05) is 53.5 Å². The van der Waals surface area contributed by atoms with E-state index in [1.54, 1.807) is 0 Å². The molecular formula is C16H18Cl2NO4P. The molecule has 0 heterocycles. The second-order valence-electron chi connectivity index (χ2n) is 5.55. The third-order valence-corrected chi connectivity index (χ3v) is 4.62. The molecule has 0 aliphatic heterocycles. The first-order valence-corrected chi connectivity index (χ1v) is 9.56. The highest BCUT2D eigenvalue weighted by Gasteiger charge is 2.26. The molecule has 2 atom stereocenters. The SMILES string of the molecule is N[C@H]1CC[C@@H](c2ccc(Cl)c(Cl)c2)c2ccccc21.O=P(O)(O)O. The lowest BCUT2D eigenvalue weighted by Crippen LogP contribution is -2.20. The minimum absolute atomic E-state index is 0.148. The molecule has 24 heavy (non-hydrogen) atoms. The van der Waals surface area contributed by atoms with E-state index in [2.05, 4.69) is 30.3 Å². The monoisotopic (exact) mass is 389 g/mol. The first kappa shape index (κ1) is 19.4. The van der Waals surface area contributed by atoms with Crippen molar-refractivity contribution in [2.75, 3.05) is 0 Å². The highest BCUT2D eigenvalue weighted by Crippen LogP contribution is 2.41. The number of nitrogens with two attached hydrogens (primary N) is 1. The van der Waals surface area contributed by atoms with Crippen molar-refractivity contribution in [1.82, 2.24) is 0 Å². The minimum Gasteiger partial charge on any atom is -0.324 e. The zero-order chi connectivity index (χ0) is 17.9. The smallest absolute Gasteiger partial charge is 0.324 e. The molecule has 0 aromatic heterocycles. The van der Waals surface area contributed by atoms with Crippen molar-refractivity contribution < 1.29 is 19.2 Å². The van der Waals surface area contributed by atoms with Crippen LogP contribution in [0.2, 0.25) is 10.0 Å². The summed E-state index contributed by atoms with van der Waals surface area (Å²) in [7, 11) is -4.64. The summed E-state index contributed by atoms with van der Waals surface area (Å²) in [5, 5.41) is 1.22. The van der Waals surface area contributed by atoms with Crippen LogP contribution >= 0.6 is 31.0 Å². The third kappa shape index (κ3) is 5.30. The molecule has 1 aliphatic rings. The molecule has 0 unspecified atom stereocenters. The predicted molar refractivity (Wildman–Crippen MR) is 95.2 cm³/mol. The van der Waals surface area contributed by atoms with Gasteiger partial charge in [-0.2, -0.15) is 0 Å². The Balaban J connectivity index is 0.000000368. The molecule has 2 aromatic carbocycles. The molecular weight excluding hydrogens is 372 g/mol. The van der Waals surface area contributed by atoms with E-state index < -0.39 is 7.82 Å². The van der Waals surface area contributed by atoms with Gasteiger partial charge in [0.05, 0.1) is 10.0 Å². The summed E-state index contributed by atoms with van der Waals surface area (Å²) < 4.78 is 8.88. The van der Waals surface area contributed by atoms with Crippen LogP contribution in [0.25, 0.3) is 0 Å². The topological polar surface area (TPSA) is 104 Å². The highest BCUT2D eigenvalue weighted by molar-refractivity contribution is 7.45. The van der Waals surface area contributed by atoms with Gasteiger partial charge in [0.25, 0.3) is 0 Å². The highest BCUT2D eigenvalue weighted by atomic mass is 35.5. The van der Waals surface area contributed by atoms with Crippen LogP contribution in [0.4, 0.5) is 0 Å². The molecule has 0 spiro atoms. The zero-order valence-electron chi connectivity index (χ0n) is 12.6. The minimum atomic E-state index is -4.64. The van der Waals surface area contributed by atoms with Crippen LogP contribution in [0.15, 0.2) is 42.5 Å². The Morgan fingerprint density at radius 1 is 0.958 bits per heavy atom. The van der Waals surface area contributed by atoms with Crippen LogP contribution < -0.4 is 5.73 Å². The molecule has 8 heteroatoms. The molecule has 0 bridgehead atoms. The molecule has 130 valence electrons. The van der Waals surface area contributed by atoms with Crippen LogP contribution in [-0.4, -0.2) is 14.7 Å². The van der Waals surface area contributed by atoms with Gasteiger partial charge in [0, 0.05) is 12.0 Å². The summed E-state index contributed by atoms with van der Waals surface area (Å²) in [6, 6.07) is 14.5. The molecule has 2 aromatic rings. The van der Waals surface area contributed by atoms with Gasteiger partial charge in [-0.3, -0.25) is 0 Å². The van der Waals surface area contributed by atoms with E-state index in [1.165, 1.54) is 16.7 Å². The second kappa shape index (κ2) is 7.98. The van der Waals surface area contributed by atoms with Gasteiger partial charge < -0.3 is 20.4 Å². The molecule has 0 fully saturated rings. The van der Waals surface area contributed by atoms with E-state index in [9.17, 15) is 0 Å². The summed E-state index contributed by atoms with van der Waals surface area (Å²) in [6.07, 6.45) is 2.05. The number of hydrogen-bond acceptors (Lipinski definition) is 2. The molecule has 0 amide bonds. The number of benzene rings is 2. The summed E-state index contributed by atoms with van der Waals surface area (Å²) >= 11 is 12.1. The fourth-order valence-electron chi connectivity index (χ4n) is 2.90. The van der Waals surface area contributed by atoms with E-state index in [0.29, 0.717) is 16.0 Å². The zero-order valence-corrected chi connectivity index (χ0v) is 15.0. The summed E-state index contributed by atoms with van der Waals surface area (Å²) in [6.45, 7) is 0. The van der Waals surface area contributed by atoms with Crippen LogP contribution in [0.3, 0.4) is 0 Å². The Hall–Kier alpha value is -0.910. The van der Waals surface area contributed by atoms with Gasteiger partial charge in [0.1, 0.15) is 0 Å². The quantitative estimate of drug-likeness (QED) is 0.552. The Labute approximate surface area is 150 Å². The summed E-state index contributed by atoms with van der Waals surface area (Å²) in [5.74, 6) is 0.366. The first-order valence-electron chi connectivity index (χ1n) is 7.24. The van der Waals surface area contributed by atoms with Gasteiger partial charge in [0.2, 0.25) is 0 Å². The third-order valence-electron chi connectivity index (χ3n) is 3.88. The van der Waals surface area contributed by atoms with Crippen molar-refractivity contribution in [3.05, 3.63) is 69.2 Å². The van der Waals surface area contributed by atoms with Crippen molar-refractivity contribution in [3.8, 4) is 0 Å². The van der Waals surface area contributed by atoms with E-state index >= 15 is 0 Å². The van der Waals surface area contributed by atoms with Gasteiger partial charge >= 0.3 is 7.82 Å². The lowest BCUT2D eigenvalue weighted by molar-refractivity contribution is 0.275. The van der Waals surface area contributed by atoms with Crippen molar-refractivity contribution in [2.45, 2.75) is 24.8 Å². The summed E-state index contributed by atoms with van der Waals surface area (Å²) in [5.41, 5.74) is 9.98. The fourth-order valence-corrected chi connectivity index (χ4v) is 3.21. The van der Waals surface area contributed by atoms with Gasteiger partial charge in [-0.25, -0.2) is 4.57 Å². The van der Waals surface area contributed by atoms with Crippen molar-refractivity contribution in [1.29, 1.82) is 0 Å². The molecule has 0 saturated heterocycles. The fraction of sp³-hybridized carbons (Fsp3) is 0.250. The number of halogens is 2. The maximum atomic E-state index is 8.88. The predicted octanol–water partition coefficient (Wildman–Crippen LogP) is 3.99. The van der Waals surface area contributed by atoms with E-state index in [1.807, 2.05) is 12.1 Å². The Morgan fingerprint density at radius 2 is 1.54 bits per heavy atom. The Morgan fingerprint density at radius 3 is 2.12 bits per heavy atom. The van der Waals surface area contributed by atoms with Gasteiger partial charge in [-0.05, 0) is 41.7 Å². The standard InChI is InChI=1S/C16H15Cl2N.H3O4P/c17-14-7-5-10(9-15(14)18)11-6-8-16(19)13-4-2-1-3-12(11)13;1-5(2,3)4/h1-5,7,9,11,16H,6,8,19H2;(H3,1,2,3,4)/t11-,16-;/m0./s1. The molecule has 0 radical (unpaired) electrons. The number of fused-ring (bicyclic) bond motifs is 1. The van der Waals surface area contributed by atoms with E-state index in [0.717, 1.165) is 12.8 Å². The van der Waals surface area contributed by atoms with Crippen LogP contribution in [-0.2, 0) is 4.57 Å². The molecule has 0 saturated carbocycles. The largest absolute Gasteiger partial charge is 0.466 e. The first-order chi connectivity index (χ1) is 11.2. The van der Waals surface area contributed by atoms with Crippen LogP contribution in [0, 0.1) is 0 Å².